The fraction of sp³-hybridized carbons (Fsp3) is 0.462. The Morgan fingerprint density at radius 1 is 1.38 bits per heavy atom. The van der Waals surface area contributed by atoms with Gasteiger partial charge in [-0.15, -0.1) is 0 Å². The van der Waals surface area contributed by atoms with E-state index < -0.39 is 5.54 Å². The van der Waals surface area contributed by atoms with Crippen molar-refractivity contribution >= 4 is 5.84 Å². The minimum absolute atomic E-state index is 0.0655. The van der Waals surface area contributed by atoms with E-state index in [1.165, 1.54) is 0 Å². The molecule has 0 bridgehead atoms. The lowest BCUT2D eigenvalue weighted by Crippen LogP contribution is -2.45. The normalized spacial score (nSPS) is 19.0. The van der Waals surface area contributed by atoms with E-state index in [9.17, 15) is 5.11 Å². The number of nitrogens with one attached hydrogen (secondary N) is 1. The van der Waals surface area contributed by atoms with Crippen molar-refractivity contribution in [2.24, 2.45) is 4.99 Å². The van der Waals surface area contributed by atoms with E-state index in [4.69, 9.17) is 0 Å². The van der Waals surface area contributed by atoms with Gasteiger partial charge in [0.15, 0.2) is 0 Å². The van der Waals surface area contributed by atoms with Crippen LogP contribution in [-0.2, 0) is 5.54 Å². The zero-order chi connectivity index (χ0) is 11.4. The average molecular weight is 218 g/mol. The van der Waals surface area contributed by atoms with Crippen molar-refractivity contribution in [2.75, 3.05) is 13.2 Å². The highest BCUT2D eigenvalue weighted by Gasteiger charge is 2.27. The lowest BCUT2D eigenvalue weighted by atomic mass is 9.92. The Morgan fingerprint density at radius 3 is 2.69 bits per heavy atom. The van der Waals surface area contributed by atoms with Crippen LogP contribution in [0.1, 0.15) is 25.3 Å². The van der Waals surface area contributed by atoms with Crippen molar-refractivity contribution in [3.05, 3.63) is 35.9 Å². The third-order valence-corrected chi connectivity index (χ3v) is 3.02. The molecule has 0 saturated heterocycles. The van der Waals surface area contributed by atoms with Gasteiger partial charge in [-0.25, -0.2) is 0 Å². The molecule has 0 spiro atoms. The molecule has 3 heteroatoms. The van der Waals surface area contributed by atoms with Crippen LogP contribution >= 0.6 is 0 Å². The Labute approximate surface area is 96.2 Å². The molecule has 0 aliphatic carbocycles. The van der Waals surface area contributed by atoms with Crippen molar-refractivity contribution in [3.8, 4) is 0 Å². The van der Waals surface area contributed by atoms with Crippen LogP contribution in [0, 0.1) is 0 Å². The van der Waals surface area contributed by atoms with E-state index in [1.54, 1.807) is 0 Å². The molecule has 1 aliphatic rings. The second-order valence-corrected chi connectivity index (χ2v) is 4.41. The predicted octanol–water partition coefficient (Wildman–Crippen LogP) is 1.68. The fourth-order valence-electron chi connectivity index (χ4n) is 1.97. The molecule has 2 rings (SSSR count). The third-order valence-electron chi connectivity index (χ3n) is 3.02. The first-order chi connectivity index (χ1) is 7.74. The molecule has 0 saturated carbocycles. The van der Waals surface area contributed by atoms with Crippen molar-refractivity contribution in [2.45, 2.75) is 25.3 Å². The summed E-state index contributed by atoms with van der Waals surface area (Å²) in [6.07, 6.45) is 2.10. The standard InChI is InChI=1S/C13H18N2O/c1-13(10-16,11-6-3-2-4-7-11)15-12-8-5-9-14-12/h2-4,6-7,16H,5,8-10H2,1H3,(H,14,15). The maximum absolute atomic E-state index is 9.58. The van der Waals surface area contributed by atoms with Gasteiger partial charge in [-0.3, -0.25) is 4.99 Å². The van der Waals surface area contributed by atoms with Gasteiger partial charge in [-0.05, 0) is 18.9 Å². The Hall–Kier alpha value is -1.35. The fourth-order valence-corrected chi connectivity index (χ4v) is 1.97. The lowest BCUT2D eigenvalue weighted by Gasteiger charge is -2.30. The molecule has 1 unspecified atom stereocenters. The summed E-state index contributed by atoms with van der Waals surface area (Å²) in [5, 5.41) is 12.9. The van der Waals surface area contributed by atoms with Crippen LogP contribution in [0.2, 0.25) is 0 Å². The molecule has 16 heavy (non-hydrogen) atoms. The Morgan fingerprint density at radius 2 is 2.12 bits per heavy atom. The van der Waals surface area contributed by atoms with Crippen LogP contribution in [0.3, 0.4) is 0 Å². The van der Waals surface area contributed by atoms with Crippen LogP contribution in [-0.4, -0.2) is 24.1 Å². The van der Waals surface area contributed by atoms with Gasteiger partial charge in [-0.1, -0.05) is 30.3 Å². The summed E-state index contributed by atoms with van der Waals surface area (Å²) < 4.78 is 0. The molecule has 1 aliphatic heterocycles. The maximum atomic E-state index is 9.58. The predicted molar refractivity (Wildman–Crippen MR) is 65.6 cm³/mol. The number of aliphatic hydroxyl groups is 1. The van der Waals surface area contributed by atoms with Crippen LogP contribution in [0.25, 0.3) is 0 Å². The van der Waals surface area contributed by atoms with Crippen molar-refractivity contribution in [3.63, 3.8) is 0 Å². The second-order valence-electron chi connectivity index (χ2n) is 4.41. The highest BCUT2D eigenvalue weighted by Crippen LogP contribution is 2.21. The second kappa shape index (κ2) is 4.66. The highest BCUT2D eigenvalue weighted by molar-refractivity contribution is 5.84. The monoisotopic (exact) mass is 218 g/mol. The quantitative estimate of drug-likeness (QED) is 0.810. The Kier molecular flexibility index (Phi) is 3.25. The molecule has 2 N–H and O–H groups in total. The summed E-state index contributed by atoms with van der Waals surface area (Å²) in [6, 6.07) is 10.0. The summed E-state index contributed by atoms with van der Waals surface area (Å²) in [6.45, 7) is 2.97. The number of benzene rings is 1. The molecule has 1 atom stereocenters. The molecule has 0 aromatic heterocycles. The van der Waals surface area contributed by atoms with Crippen LogP contribution in [0.4, 0.5) is 0 Å². The lowest BCUT2D eigenvalue weighted by molar-refractivity contribution is 0.193. The summed E-state index contributed by atoms with van der Waals surface area (Å²) in [4.78, 5) is 4.39. The number of aliphatic hydroxyl groups excluding tert-OH is 1. The molecular formula is C13H18N2O. The van der Waals surface area contributed by atoms with Crippen LogP contribution in [0.5, 0.6) is 0 Å². The van der Waals surface area contributed by atoms with Gasteiger partial charge in [0.05, 0.1) is 18.0 Å². The molecule has 0 fully saturated rings. The average Bonchev–Trinajstić information content (AvgIpc) is 2.83. The Balaban J connectivity index is 2.18. The molecule has 1 aromatic rings. The summed E-state index contributed by atoms with van der Waals surface area (Å²) >= 11 is 0. The molecule has 0 amide bonds. The van der Waals surface area contributed by atoms with E-state index in [1.807, 2.05) is 37.3 Å². The van der Waals surface area contributed by atoms with Gasteiger partial charge in [0.2, 0.25) is 0 Å². The number of hydrogen-bond donors (Lipinski definition) is 2. The molecule has 0 radical (unpaired) electrons. The molecule has 3 nitrogen and oxygen atoms in total. The summed E-state index contributed by atoms with van der Waals surface area (Å²) in [5.74, 6) is 1.01. The molecule has 86 valence electrons. The summed E-state index contributed by atoms with van der Waals surface area (Å²) in [5.41, 5.74) is 0.664. The minimum Gasteiger partial charge on any atom is -0.394 e. The van der Waals surface area contributed by atoms with E-state index in [0.717, 1.165) is 30.8 Å². The van der Waals surface area contributed by atoms with Gasteiger partial charge in [-0.2, -0.15) is 0 Å². The van der Waals surface area contributed by atoms with Gasteiger partial charge in [0, 0.05) is 13.0 Å². The number of hydrogen-bond acceptors (Lipinski definition) is 3. The van der Waals surface area contributed by atoms with E-state index >= 15 is 0 Å². The largest absolute Gasteiger partial charge is 0.394 e. The maximum Gasteiger partial charge on any atom is 0.0971 e. The van der Waals surface area contributed by atoms with Crippen LogP contribution in [0.15, 0.2) is 35.3 Å². The number of amidine groups is 1. The minimum atomic E-state index is -0.426. The SMILES string of the molecule is CC(CO)(NC1=NCCC1)c1ccccc1. The van der Waals surface area contributed by atoms with Gasteiger partial charge < -0.3 is 10.4 Å². The first kappa shape index (κ1) is 11.1. The first-order valence-corrected chi connectivity index (χ1v) is 5.72. The van der Waals surface area contributed by atoms with Gasteiger partial charge in [0.25, 0.3) is 0 Å². The van der Waals surface area contributed by atoms with Crippen LogP contribution < -0.4 is 5.32 Å². The topological polar surface area (TPSA) is 44.6 Å². The molecule has 1 aromatic carbocycles. The third kappa shape index (κ3) is 2.25. The number of rotatable bonds is 3. The zero-order valence-electron chi connectivity index (χ0n) is 9.61. The number of nitrogens with zero attached hydrogens (tertiary/aromatic N) is 1. The van der Waals surface area contributed by atoms with E-state index in [0.29, 0.717) is 0 Å². The summed E-state index contributed by atoms with van der Waals surface area (Å²) in [7, 11) is 0. The number of aliphatic imine (C=N–C) groups is 1. The smallest absolute Gasteiger partial charge is 0.0971 e. The van der Waals surface area contributed by atoms with Crippen molar-refractivity contribution in [1.29, 1.82) is 0 Å². The van der Waals surface area contributed by atoms with E-state index in [-0.39, 0.29) is 6.61 Å². The Bertz CT molecular complexity index is 375. The highest BCUT2D eigenvalue weighted by atomic mass is 16.3. The molecular weight excluding hydrogens is 200 g/mol. The van der Waals surface area contributed by atoms with Gasteiger partial charge >= 0.3 is 0 Å². The first-order valence-electron chi connectivity index (χ1n) is 5.72. The molecule has 1 heterocycles. The zero-order valence-corrected chi connectivity index (χ0v) is 9.61. The van der Waals surface area contributed by atoms with Gasteiger partial charge in [0.1, 0.15) is 0 Å². The van der Waals surface area contributed by atoms with E-state index in [2.05, 4.69) is 10.3 Å². The van der Waals surface area contributed by atoms with Crippen molar-refractivity contribution in [1.82, 2.24) is 5.32 Å². The van der Waals surface area contributed by atoms with Crippen molar-refractivity contribution < 1.29 is 5.11 Å².